The van der Waals surface area contributed by atoms with Crippen molar-refractivity contribution in [1.29, 1.82) is 0 Å². The van der Waals surface area contributed by atoms with Crippen LogP contribution in [0.2, 0.25) is 0 Å². The van der Waals surface area contributed by atoms with Crippen LogP contribution in [0.5, 0.6) is 0 Å². The molecule has 2 aromatic carbocycles. The summed E-state index contributed by atoms with van der Waals surface area (Å²) in [5.41, 5.74) is 2.05. The molecule has 122 valence electrons. The van der Waals surface area contributed by atoms with Crippen LogP contribution in [0.4, 0.5) is 17.1 Å². The number of benzene rings is 2. The van der Waals surface area contributed by atoms with Crippen LogP contribution in [0.25, 0.3) is 11.0 Å². The van der Waals surface area contributed by atoms with Crippen molar-refractivity contribution in [3.63, 3.8) is 0 Å². The molecule has 0 aliphatic carbocycles. The molecule has 3 aromatic rings. The first-order chi connectivity index (χ1) is 11.5. The molecular weight excluding hydrogens is 312 g/mol. The Morgan fingerprint density at radius 2 is 1.79 bits per heavy atom. The van der Waals surface area contributed by atoms with Gasteiger partial charge in [0.05, 0.1) is 10.6 Å². The lowest BCUT2D eigenvalue weighted by molar-refractivity contribution is -0.383. The fourth-order valence-electron chi connectivity index (χ4n) is 2.31. The average molecular weight is 326 g/mol. The molecule has 1 heterocycles. The summed E-state index contributed by atoms with van der Waals surface area (Å²) in [6.07, 6.45) is 0. The fourth-order valence-corrected chi connectivity index (χ4v) is 2.31. The summed E-state index contributed by atoms with van der Waals surface area (Å²) in [5, 5.41) is 21.4. The van der Waals surface area contributed by atoms with Crippen molar-refractivity contribution in [2.24, 2.45) is 5.92 Å². The van der Waals surface area contributed by atoms with Crippen molar-refractivity contribution in [2.75, 3.05) is 5.32 Å². The minimum absolute atomic E-state index is 0.0694. The zero-order valence-electron chi connectivity index (χ0n) is 13.0. The minimum atomic E-state index is -0.539. The number of hydrogen-bond donors (Lipinski definition) is 1. The van der Waals surface area contributed by atoms with Crippen molar-refractivity contribution in [3.05, 3.63) is 52.1 Å². The second kappa shape index (κ2) is 6.07. The van der Waals surface area contributed by atoms with Crippen LogP contribution in [-0.2, 0) is 0 Å². The number of nitrogens with zero attached hydrogens (tertiary/aromatic N) is 3. The lowest BCUT2D eigenvalue weighted by atomic mass is 10.0. The molecule has 0 amide bonds. The fraction of sp³-hybridized carbons (Fsp3) is 0.188. The molecule has 0 saturated carbocycles. The van der Waals surface area contributed by atoms with Gasteiger partial charge in [-0.05, 0) is 40.6 Å². The number of ketones is 1. The van der Waals surface area contributed by atoms with Crippen LogP contribution >= 0.6 is 0 Å². The molecule has 0 aliphatic heterocycles. The maximum absolute atomic E-state index is 11.9. The van der Waals surface area contributed by atoms with Gasteiger partial charge in [-0.15, -0.1) is 0 Å². The van der Waals surface area contributed by atoms with E-state index in [9.17, 15) is 14.9 Å². The van der Waals surface area contributed by atoms with Crippen LogP contribution in [0.1, 0.15) is 24.2 Å². The summed E-state index contributed by atoms with van der Waals surface area (Å²) in [4.78, 5) is 22.4. The third-order valence-corrected chi connectivity index (χ3v) is 3.56. The van der Waals surface area contributed by atoms with Crippen LogP contribution in [0.15, 0.2) is 41.0 Å². The van der Waals surface area contributed by atoms with Crippen molar-refractivity contribution < 1.29 is 14.3 Å². The Morgan fingerprint density at radius 1 is 1.12 bits per heavy atom. The Kier molecular flexibility index (Phi) is 3.95. The molecule has 1 N–H and O–H groups in total. The molecule has 1 aromatic heterocycles. The SMILES string of the molecule is CC(C)C(=O)c1ccc(Nc2ccc([N+](=O)[O-])c3nonc23)cc1. The highest BCUT2D eigenvalue weighted by Gasteiger charge is 2.19. The maximum Gasteiger partial charge on any atom is 0.300 e. The number of aromatic nitrogens is 2. The molecule has 0 radical (unpaired) electrons. The number of carbonyl (C=O) groups is 1. The molecule has 0 atom stereocenters. The van der Waals surface area contributed by atoms with E-state index >= 15 is 0 Å². The standard InChI is InChI=1S/C16H14N4O4/c1-9(2)16(21)10-3-5-11(6-4-10)17-12-7-8-13(20(22)23)15-14(12)18-24-19-15/h3-9,17H,1-2H3. The van der Waals surface area contributed by atoms with E-state index in [2.05, 4.69) is 20.3 Å². The van der Waals surface area contributed by atoms with Gasteiger partial charge in [0, 0.05) is 23.2 Å². The van der Waals surface area contributed by atoms with Gasteiger partial charge < -0.3 is 5.32 Å². The van der Waals surface area contributed by atoms with E-state index in [0.717, 1.165) is 0 Å². The quantitative estimate of drug-likeness (QED) is 0.432. The molecule has 0 saturated heterocycles. The van der Waals surface area contributed by atoms with Crippen molar-refractivity contribution >= 4 is 33.9 Å². The van der Waals surface area contributed by atoms with E-state index in [-0.39, 0.29) is 28.4 Å². The highest BCUT2D eigenvalue weighted by Crippen LogP contribution is 2.30. The van der Waals surface area contributed by atoms with Gasteiger partial charge >= 0.3 is 5.69 Å². The summed E-state index contributed by atoms with van der Waals surface area (Å²) in [6.45, 7) is 3.69. The number of hydrogen-bond acceptors (Lipinski definition) is 7. The van der Waals surface area contributed by atoms with Gasteiger partial charge in [-0.1, -0.05) is 13.8 Å². The van der Waals surface area contributed by atoms with Gasteiger partial charge in [-0.2, -0.15) is 0 Å². The van der Waals surface area contributed by atoms with E-state index in [1.54, 1.807) is 24.3 Å². The molecule has 24 heavy (non-hydrogen) atoms. The summed E-state index contributed by atoms with van der Waals surface area (Å²) >= 11 is 0. The predicted molar refractivity (Wildman–Crippen MR) is 87.4 cm³/mol. The Balaban J connectivity index is 1.91. The Hall–Kier alpha value is -3.29. The first-order valence-corrected chi connectivity index (χ1v) is 7.28. The van der Waals surface area contributed by atoms with Gasteiger partial charge in [0.25, 0.3) is 0 Å². The van der Waals surface area contributed by atoms with E-state index in [4.69, 9.17) is 0 Å². The minimum Gasteiger partial charge on any atom is -0.354 e. The average Bonchev–Trinajstić information content (AvgIpc) is 3.04. The third-order valence-electron chi connectivity index (χ3n) is 3.56. The van der Waals surface area contributed by atoms with Gasteiger partial charge in [-0.25, -0.2) is 4.63 Å². The van der Waals surface area contributed by atoms with E-state index in [1.807, 2.05) is 13.8 Å². The summed E-state index contributed by atoms with van der Waals surface area (Å²) in [7, 11) is 0. The molecule has 0 aliphatic rings. The normalized spacial score (nSPS) is 11.0. The van der Waals surface area contributed by atoms with Crippen LogP contribution in [0, 0.1) is 16.0 Å². The molecule has 8 heteroatoms. The molecule has 3 rings (SSSR count). The summed E-state index contributed by atoms with van der Waals surface area (Å²) in [6, 6.07) is 9.86. The first kappa shape index (κ1) is 15.6. The predicted octanol–water partition coefficient (Wildman–Crippen LogP) is 3.71. The zero-order valence-corrected chi connectivity index (χ0v) is 13.0. The number of fused-ring (bicyclic) bond motifs is 1. The largest absolute Gasteiger partial charge is 0.354 e. The Bertz CT molecular complexity index is 915. The van der Waals surface area contributed by atoms with Gasteiger partial charge in [0.1, 0.15) is 0 Å². The van der Waals surface area contributed by atoms with E-state index < -0.39 is 4.92 Å². The number of carbonyl (C=O) groups excluding carboxylic acids is 1. The van der Waals surface area contributed by atoms with E-state index in [0.29, 0.717) is 16.9 Å². The molecular formula is C16H14N4O4. The smallest absolute Gasteiger partial charge is 0.300 e. The molecule has 0 spiro atoms. The lowest BCUT2D eigenvalue weighted by Gasteiger charge is -2.08. The zero-order chi connectivity index (χ0) is 17.3. The lowest BCUT2D eigenvalue weighted by Crippen LogP contribution is -2.07. The maximum atomic E-state index is 11.9. The number of nitro benzene ring substituents is 1. The van der Waals surface area contributed by atoms with Gasteiger partial charge in [0.2, 0.25) is 5.52 Å². The monoisotopic (exact) mass is 326 g/mol. The van der Waals surface area contributed by atoms with Gasteiger partial charge in [0.15, 0.2) is 11.3 Å². The van der Waals surface area contributed by atoms with Crippen LogP contribution in [0.3, 0.4) is 0 Å². The van der Waals surface area contributed by atoms with Crippen molar-refractivity contribution in [2.45, 2.75) is 13.8 Å². The number of anilines is 2. The molecule has 0 unspecified atom stereocenters. The van der Waals surface area contributed by atoms with E-state index in [1.165, 1.54) is 12.1 Å². The Labute approximate surface area is 136 Å². The molecule has 0 bridgehead atoms. The molecule has 0 fully saturated rings. The van der Waals surface area contributed by atoms with Crippen LogP contribution in [-0.4, -0.2) is 21.0 Å². The third kappa shape index (κ3) is 2.81. The highest BCUT2D eigenvalue weighted by atomic mass is 16.6. The van der Waals surface area contributed by atoms with Crippen LogP contribution < -0.4 is 5.32 Å². The molecule has 8 nitrogen and oxygen atoms in total. The number of nitrogens with one attached hydrogen (secondary N) is 1. The number of non-ortho nitro benzene ring substituents is 1. The topological polar surface area (TPSA) is 111 Å². The highest BCUT2D eigenvalue weighted by molar-refractivity contribution is 5.98. The summed E-state index contributed by atoms with van der Waals surface area (Å²) in [5.74, 6) is -0.000658. The number of Topliss-reactive ketones (excluding diaryl/α,β-unsaturated/α-hetero) is 1. The van der Waals surface area contributed by atoms with Crippen molar-refractivity contribution in [3.8, 4) is 0 Å². The van der Waals surface area contributed by atoms with Gasteiger partial charge in [-0.3, -0.25) is 14.9 Å². The second-order valence-corrected chi connectivity index (χ2v) is 5.57. The number of nitro groups is 1. The first-order valence-electron chi connectivity index (χ1n) is 7.28. The Morgan fingerprint density at radius 3 is 2.42 bits per heavy atom. The van der Waals surface area contributed by atoms with Crippen molar-refractivity contribution in [1.82, 2.24) is 10.3 Å². The second-order valence-electron chi connectivity index (χ2n) is 5.57. The summed E-state index contributed by atoms with van der Waals surface area (Å²) < 4.78 is 4.62. The number of rotatable bonds is 5.